The standard InChI is InChI=1S/C31H39N3O5S2/c1-23-9-6-7-12-26(23)28-21-25(13-14-27(28)30(35)33-29(31(36)37)16-19-40-2)22-34(41(38,39)20-8-17-32)18-15-24-10-4-3-5-11-24/h3-7,9-14,21,29H,8,15-20,22,32H2,1-2H3,(H,33,35)(H,36,37)/t29-/m0/s1. The van der Waals surface area contributed by atoms with Gasteiger partial charge in [0.1, 0.15) is 6.04 Å². The molecule has 0 unspecified atom stereocenters. The van der Waals surface area contributed by atoms with Gasteiger partial charge in [0.05, 0.1) is 5.75 Å². The third-order valence-electron chi connectivity index (χ3n) is 6.83. The molecule has 4 N–H and O–H groups in total. The number of sulfonamides is 1. The lowest BCUT2D eigenvalue weighted by Gasteiger charge is -2.23. The summed E-state index contributed by atoms with van der Waals surface area (Å²) in [5.74, 6) is -1.02. The number of hydrogen-bond acceptors (Lipinski definition) is 6. The van der Waals surface area contributed by atoms with Crippen LogP contribution >= 0.6 is 11.8 Å². The van der Waals surface area contributed by atoms with Gasteiger partial charge in [0.15, 0.2) is 0 Å². The molecule has 0 aliphatic rings. The second kappa shape index (κ2) is 15.7. The molecule has 0 aliphatic carbocycles. The molecular formula is C31H39N3O5S2. The van der Waals surface area contributed by atoms with Crippen molar-refractivity contribution in [1.82, 2.24) is 9.62 Å². The highest BCUT2D eigenvalue weighted by atomic mass is 32.2. The lowest BCUT2D eigenvalue weighted by molar-refractivity contribution is -0.139. The number of nitrogens with two attached hydrogens (primary N) is 1. The van der Waals surface area contributed by atoms with Crippen LogP contribution in [-0.2, 0) is 27.8 Å². The van der Waals surface area contributed by atoms with Crippen LogP contribution in [0.3, 0.4) is 0 Å². The molecule has 1 atom stereocenters. The number of hydrogen-bond donors (Lipinski definition) is 3. The van der Waals surface area contributed by atoms with Crippen LogP contribution in [0.1, 0.15) is 39.9 Å². The number of aliphatic carboxylic acids is 1. The van der Waals surface area contributed by atoms with Gasteiger partial charge in [-0.05, 0) is 84.7 Å². The zero-order valence-corrected chi connectivity index (χ0v) is 25.2. The number of thioether (sulfide) groups is 1. The number of nitrogens with one attached hydrogen (secondary N) is 1. The van der Waals surface area contributed by atoms with Gasteiger partial charge in [-0.25, -0.2) is 13.2 Å². The fourth-order valence-corrected chi connectivity index (χ4v) is 6.50. The predicted molar refractivity (Wildman–Crippen MR) is 167 cm³/mol. The van der Waals surface area contributed by atoms with E-state index >= 15 is 0 Å². The first-order valence-corrected chi connectivity index (χ1v) is 16.6. The lowest BCUT2D eigenvalue weighted by atomic mass is 9.93. The Balaban J connectivity index is 1.98. The fraction of sp³-hybridized carbons (Fsp3) is 0.355. The minimum absolute atomic E-state index is 0.0456. The predicted octanol–water partition coefficient (Wildman–Crippen LogP) is 4.32. The number of aryl methyl sites for hydroxylation is 1. The van der Waals surface area contributed by atoms with E-state index in [1.165, 1.54) is 16.1 Å². The first kappa shape index (κ1) is 32.3. The molecule has 0 saturated heterocycles. The maximum Gasteiger partial charge on any atom is 0.326 e. The van der Waals surface area contributed by atoms with Crippen LogP contribution in [0, 0.1) is 6.92 Å². The Bertz CT molecular complexity index is 1410. The molecule has 0 saturated carbocycles. The second-order valence-electron chi connectivity index (χ2n) is 9.87. The SMILES string of the molecule is CSCC[C@H](NC(=O)c1ccc(CN(CCc2ccccc2)S(=O)(=O)CCCN)cc1-c1ccccc1C)C(=O)O. The number of nitrogens with zero attached hydrogens (tertiary/aromatic N) is 1. The van der Waals surface area contributed by atoms with Gasteiger partial charge in [-0.2, -0.15) is 16.1 Å². The molecular weight excluding hydrogens is 558 g/mol. The average molecular weight is 598 g/mol. The van der Waals surface area contributed by atoms with E-state index in [4.69, 9.17) is 5.73 Å². The Hall–Kier alpha value is -3.18. The summed E-state index contributed by atoms with van der Waals surface area (Å²) >= 11 is 1.51. The van der Waals surface area contributed by atoms with E-state index in [0.717, 1.165) is 22.3 Å². The van der Waals surface area contributed by atoms with E-state index in [2.05, 4.69) is 5.32 Å². The first-order chi connectivity index (χ1) is 19.7. The van der Waals surface area contributed by atoms with E-state index in [0.29, 0.717) is 42.7 Å². The lowest BCUT2D eigenvalue weighted by Crippen LogP contribution is -2.41. The third kappa shape index (κ3) is 9.43. The van der Waals surface area contributed by atoms with E-state index in [1.807, 2.05) is 73.8 Å². The van der Waals surface area contributed by atoms with Crippen molar-refractivity contribution >= 4 is 33.7 Å². The molecule has 0 radical (unpaired) electrons. The summed E-state index contributed by atoms with van der Waals surface area (Å²) in [5, 5.41) is 12.3. The molecule has 0 fully saturated rings. The maximum absolute atomic E-state index is 13.4. The highest BCUT2D eigenvalue weighted by Gasteiger charge is 2.25. The molecule has 3 rings (SSSR count). The van der Waals surface area contributed by atoms with Crippen molar-refractivity contribution < 1.29 is 23.1 Å². The molecule has 3 aromatic rings. The van der Waals surface area contributed by atoms with Gasteiger partial charge in [0.25, 0.3) is 5.91 Å². The molecule has 0 spiro atoms. The van der Waals surface area contributed by atoms with Crippen LogP contribution in [0.4, 0.5) is 0 Å². The Morgan fingerprint density at radius 3 is 2.37 bits per heavy atom. The zero-order valence-electron chi connectivity index (χ0n) is 23.6. The Morgan fingerprint density at radius 1 is 1.00 bits per heavy atom. The Kier molecular flexibility index (Phi) is 12.4. The molecule has 3 aromatic carbocycles. The van der Waals surface area contributed by atoms with E-state index in [-0.39, 0.29) is 18.8 Å². The molecule has 0 aromatic heterocycles. The number of carboxylic acids is 1. The van der Waals surface area contributed by atoms with Crippen LogP contribution in [0.25, 0.3) is 11.1 Å². The molecule has 220 valence electrons. The minimum atomic E-state index is -3.59. The summed E-state index contributed by atoms with van der Waals surface area (Å²) in [5.41, 5.74) is 10.1. The third-order valence-corrected chi connectivity index (χ3v) is 9.38. The molecule has 8 nitrogen and oxygen atoms in total. The van der Waals surface area contributed by atoms with Gasteiger partial charge < -0.3 is 16.2 Å². The normalized spacial score (nSPS) is 12.3. The summed E-state index contributed by atoms with van der Waals surface area (Å²) in [4.78, 5) is 25.2. The highest BCUT2D eigenvalue weighted by molar-refractivity contribution is 7.98. The summed E-state index contributed by atoms with van der Waals surface area (Å²) < 4.78 is 28.1. The van der Waals surface area contributed by atoms with Crippen molar-refractivity contribution in [2.75, 3.05) is 30.9 Å². The van der Waals surface area contributed by atoms with Crippen molar-refractivity contribution in [3.63, 3.8) is 0 Å². The second-order valence-corrected chi connectivity index (χ2v) is 12.9. The summed E-state index contributed by atoms with van der Waals surface area (Å²) in [6.07, 6.45) is 3.10. The van der Waals surface area contributed by atoms with Crippen molar-refractivity contribution in [1.29, 1.82) is 0 Å². The number of amides is 1. The molecule has 0 bridgehead atoms. The van der Waals surface area contributed by atoms with Crippen molar-refractivity contribution in [3.8, 4) is 11.1 Å². The molecule has 10 heteroatoms. The molecule has 0 aliphatic heterocycles. The van der Waals surface area contributed by atoms with Gasteiger partial charge in [-0.15, -0.1) is 0 Å². The smallest absolute Gasteiger partial charge is 0.326 e. The minimum Gasteiger partial charge on any atom is -0.480 e. The van der Waals surface area contributed by atoms with Gasteiger partial charge in [-0.3, -0.25) is 4.79 Å². The van der Waals surface area contributed by atoms with Crippen molar-refractivity contribution in [2.45, 2.75) is 38.8 Å². The number of benzene rings is 3. The first-order valence-electron chi connectivity index (χ1n) is 13.6. The Labute approximate surface area is 247 Å². The largest absolute Gasteiger partial charge is 0.480 e. The highest BCUT2D eigenvalue weighted by Crippen LogP contribution is 2.29. The summed E-state index contributed by atoms with van der Waals surface area (Å²) in [6.45, 7) is 2.65. The zero-order chi connectivity index (χ0) is 29.8. The van der Waals surface area contributed by atoms with Crippen LogP contribution in [-0.4, -0.2) is 66.6 Å². The Morgan fingerprint density at radius 2 is 1.71 bits per heavy atom. The topological polar surface area (TPSA) is 130 Å². The van der Waals surface area contributed by atoms with Gasteiger partial charge >= 0.3 is 5.97 Å². The van der Waals surface area contributed by atoms with Crippen molar-refractivity contribution in [2.24, 2.45) is 5.73 Å². The molecule has 41 heavy (non-hydrogen) atoms. The number of carboxylic acid groups (broad SMARTS) is 1. The number of carbonyl (C=O) groups is 2. The van der Waals surface area contributed by atoms with Gasteiger partial charge in [0.2, 0.25) is 10.0 Å². The van der Waals surface area contributed by atoms with E-state index in [1.54, 1.807) is 12.1 Å². The summed E-state index contributed by atoms with van der Waals surface area (Å²) in [7, 11) is -3.59. The quantitative estimate of drug-likeness (QED) is 0.224. The molecule has 0 heterocycles. The van der Waals surface area contributed by atoms with Gasteiger partial charge in [-0.1, -0.05) is 60.7 Å². The van der Waals surface area contributed by atoms with E-state index < -0.39 is 27.9 Å². The average Bonchev–Trinajstić information content (AvgIpc) is 2.96. The number of rotatable bonds is 16. The van der Waals surface area contributed by atoms with Crippen LogP contribution in [0.15, 0.2) is 72.8 Å². The number of carbonyl (C=O) groups excluding carboxylic acids is 1. The van der Waals surface area contributed by atoms with Gasteiger partial charge in [0, 0.05) is 18.7 Å². The van der Waals surface area contributed by atoms with Crippen LogP contribution in [0.2, 0.25) is 0 Å². The fourth-order valence-electron chi connectivity index (χ4n) is 4.53. The summed E-state index contributed by atoms with van der Waals surface area (Å²) in [6, 6.07) is 21.5. The van der Waals surface area contributed by atoms with E-state index in [9.17, 15) is 23.1 Å². The monoisotopic (exact) mass is 597 g/mol. The van der Waals surface area contributed by atoms with Crippen LogP contribution in [0.5, 0.6) is 0 Å². The molecule has 1 amide bonds. The van der Waals surface area contributed by atoms with Crippen molar-refractivity contribution in [3.05, 3.63) is 95.1 Å². The maximum atomic E-state index is 13.4. The van der Waals surface area contributed by atoms with Crippen LogP contribution < -0.4 is 11.1 Å².